The molecular weight excluding hydrogens is 266 g/mol. The minimum Gasteiger partial charge on any atom is -0.443 e. The summed E-state index contributed by atoms with van der Waals surface area (Å²) in [6, 6.07) is 9.89. The first kappa shape index (κ1) is 15.5. The van der Waals surface area contributed by atoms with Crippen LogP contribution in [0.3, 0.4) is 0 Å². The first-order valence-electron chi connectivity index (χ1n) is 7.30. The number of amides is 2. The van der Waals surface area contributed by atoms with E-state index in [0.29, 0.717) is 19.4 Å². The van der Waals surface area contributed by atoms with E-state index in [0.717, 1.165) is 5.56 Å². The average molecular weight is 289 g/mol. The molecule has 0 N–H and O–H groups in total. The second-order valence-electron chi connectivity index (χ2n) is 6.91. The number of rotatable bonds is 2. The fourth-order valence-corrected chi connectivity index (χ4v) is 2.59. The molecule has 1 fully saturated rings. The van der Waals surface area contributed by atoms with Crippen molar-refractivity contribution in [3.05, 3.63) is 35.9 Å². The summed E-state index contributed by atoms with van der Waals surface area (Å²) in [6.07, 6.45) is 0.774. The van der Waals surface area contributed by atoms with Gasteiger partial charge in [0.05, 0.1) is 5.41 Å². The van der Waals surface area contributed by atoms with E-state index in [-0.39, 0.29) is 5.91 Å². The fourth-order valence-electron chi connectivity index (χ4n) is 2.59. The maximum atomic E-state index is 12.6. The molecular formula is C17H23NO3. The fraction of sp³-hybridized carbons (Fsp3) is 0.529. The van der Waals surface area contributed by atoms with Crippen LogP contribution in [0, 0.1) is 5.41 Å². The van der Waals surface area contributed by atoms with Gasteiger partial charge in [-0.3, -0.25) is 4.79 Å². The lowest BCUT2D eigenvalue weighted by molar-refractivity contribution is -0.134. The summed E-state index contributed by atoms with van der Waals surface area (Å²) in [5.74, 6) is -0.138. The topological polar surface area (TPSA) is 46.6 Å². The van der Waals surface area contributed by atoms with Crippen molar-refractivity contribution in [3.8, 4) is 0 Å². The summed E-state index contributed by atoms with van der Waals surface area (Å²) in [7, 11) is 0. The summed E-state index contributed by atoms with van der Waals surface area (Å²) < 4.78 is 5.30. The second kappa shape index (κ2) is 5.51. The summed E-state index contributed by atoms with van der Waals surface area (Å²) in [4.78, 5) is 25.9. The first-order valence-corrected chi connectivity index (χ1v) is 7.30. The molecule has 0 saturated carbocycles. The maximum absolute atomic E-state index is 12.6. The zero-order valence-corrected chi connectivity index (χ0v) is 13.2. The van der Waals surface area contributed by atoms with Crippen molar-refractivity contribution in [1.82, 2.24) is 4.90 Å². The molecule has 1 aliphatic rings. The van der Waals surface area contributed by atoms with Crippen molar-refractivity contribution in [2.24, 2.45) is 5.41 Å². The first-order chi connectivity index (χ1) is 9.71. The molecule has 4 nitrogen and oxygen atoms in total. The van der Waals surface area contributed by atoms with Crippen molar-refractivity contribution < 1.29 is 14.3 Å². The standard InChI is InChI=1S/C17H23NO3/c1-16(2,3)21-15(20)18-11-10-17(4,14(18)19)12-13-8-6-5-7-9-13/h5-9H,10-12H2,1-4H3. The van der Waals surface area contributed by atoms with Crippen LogP contribution < -0.4 is 0 Å². The van der Waals surface area contributed by atoms with Crippen molar-refractivity contribution in [1.29, 1.82) is 0 Å². The maximum Gasteiger partial charge on any atom is 0.417 e. The number of imide groups is 1. The van der Waals surface area contributed by atoms with Crippen molar-refractivity contribution in [3.63, 3.8) is 0 Å². The number of ether oxygens (including phenoxy) is 1. The van der Waals surface area contributed by atoms with Crippen LogP contribution in [0.5, 0.6) is 0 Å². The predicted molar refractivity (Wildman–Crippen MR) is 80.8 cm³/mol. The summed E-state index contributed by atoms with van der Waals surface area (Å²) in [5.41, 5.74) is -0.00648. The van der Waals surface area contributed by atoms with Gasteiger partial charge in [-0.25, -0.2) is 9.69 Å². The number of carbonyl (C=O) groups excluding carboxylic acids is 2. The highest BCUT2D eigenvalue weighted by Crippen LogP contribution is 2.35. The molecule has 0 aliphatic carbocycles. The molecule has 0 radical (unpaired) electrons. The molecule has 1 atom stereocenters. The van der Waals surface area contributed by atoms with Crippen molar-refractivity contribution >= 4 is 12.0 Å². The molecule has 1 aromatic rings. The Hall–Kier alpha value is -1.84. The number of benzene rings is 1. The molecule has 0 spiro atoms. The second-order valence-corrected chi connectivity index (χ2v) is 6.91. The molecule has 1 aromatic carbocycles. The summed E-state index contributed by atoms with van der Waals surface area (Å²) >= 11 is 0. The number of carbonyl (C=O) groups is 2. The van der Waals surface area contributed by atoms with Crippen LogP contribution in [0.15, 0.2) is 30.3 Å². The number of hydrogen-bond acceptors (Lipinski definition) is 3. The Morgan fingerprint density at radius 1 is 1.29 bits per heavy atom. The SMILES string of the molecule is CC(C)(C)OC(=O)N1CCC(C)(Cc2ccccc2)C1=O. The highest BCUT2D eigenvalue weighted by molar-refractivity contribution is 5.97. The van der Waals surface area contributed by atoms with E-state index in [1.807, 2.05) is 37.3 Å². The van der Waals surface area contributed by atoms with Gasteiger partial charge < -0.3 is 4.74 Å². The zero-order valence-electron chi connectivity index (χ0n) is 13.2. The number of likely N-dealkylation sites (tertiary alicyclic amines) is 1. The lowest BCUT2D eigenvalue weighted by atomic mass is 9.82. The lowest BCUT2D eigenvalue weighted by Crippen LogP contribution is -2.41. The third-order valence-corrected chi connectivity index (χ3v) is 3.70. The minimum absolute atomic E-state index is 0.138. The van der Waals surface area contributed by atoms with Crippen LogP contribution in [-0.4, -0.2) is 29.0 Å². The van der Waals surface area contributed by atoms with E-state index in [4.69, 9.17) is 4.74 Å². The molecule has 2 rings (SSSR count). The lowest BCUT2D eigenvalue weighted by Gasteiger charge is -2.25. The Bertz CT molecular complexity index is 533. The minimum atomic E-state index is -0.588. The van der Waals surface area contributed by atoms with Crippen LogP contribution >= 0.6 is 0 Å². The highest BCUT2D eigenvalue weighted by Gasteiger charge is 2.46. The smallest absolute Gasteiger partial charge is 0.417 e. The molecule has 0 bridgehead atoms. The molecule has 21 heavy (non-hydrogen) atoms. The summed E-state index contributed by atoms with van der Waals surface area (Å²) in [5, 5.41) is 0. The van der Waals surface area contributed by atoms with Gasteiger partial charge in [-0.2, -0.15) is 0 Å². The quantitative estimate of drug-likeness (QED) is 0.838. The Morgan fingerprint density at radius 3 is 2.48 bits per heavy atom. The van der Waals surface area contributed by atoms with E-state index in [2.05, 4.69) is 0 Å². The molecule has 0 aromatic heterocycles. The van der Waals surface area contributed by atoms with Gasteiger partial charge in [0.1, 0.15) is 5.60 Å². The molecule has 1 unspecified atom stereocenters. The Labute approximate surface area is 126 Å². The van der Waals surface area contributed by atoms with E-state index in [1.54, 1.807) is 20.8 Å². The van der Waals surface area contributed by atoms with E-state index >= 15 is 0 Å². The van der Waals surface area contributed by atoms with Gasteiger partial charge >= 0.3 is 6.09 Å². The Balaban J connectivity index is 2.08. The van der Waals surface area contributed by atoms with Gasteiger partial charge in [0, 0.05) is 6.54 Å². The molecule has 2 amide bonds. The summed E-state index contributed by atoms with van der Waals surface area (Å²) in [6.45, 7) is 7.75. The van der Waals surface area contributed by atoms with Gasteiger partial charge in [-0.15, -0.1) is 0 Å². The Morgan fingerprint density at radius 2 is 1.90 bits per heavy atom. The van der Waals surface area contributed by atoms with Gasteiger partial charge in [0.25, 0.3) is 0 Å². The molecule has 1 aliphatic heterocycles. The Kier molecular flexibility index (Phi) is 4.08. The zero-order chi connectivity index (χ0) is 15.7. The molecule has 1 heterocycles. The van der Waals surface area contributed by atoms with Gasteiger partial charge in [0.15, 0.2) is 0 Å². The highest BCUT2D eigenvalue weighted by atomic mass is 16.6. The van der Waals surface area contributed by atoms with Gasteiger partial charge in [-0.1, -0.05) is 37.3 Å². The molecule has 4 heteroatoms. The van der Waals surface area contributed by atoms with Crippen molar-refractivity contribution in [2.45, 2.75) is 46.1 Å². The van der Waals surface area contributed by atoms with Gasteiger partial charge in [-0.05, 0) is 39.2 Å². The van der Waals surface area contributed by atoms with Crippen LogP contribution in [0.4, 0.5) is 4.79 Å². The van der Waals surface area contributed by atoms with Crippen LogP contribution in [0.2, 0.25) is 0 Å². The third-order valence-electron chi connectivity index (χ3n) is 3.70. The normalized spacial score (nSPS) is 22.5. The van der Waals surface area contributed by atoms with Crippen molar-refractivity contribution in [2.75, 3.05) is 6.54 Å². The van der Waals surface area contributed by atoms with E-state index < -0.39 is 17.1 Å². The van der Waals surface area contributed by atoms with Gasteiger partial charge in [0.2, 0.25) is 5.91 Å². The van der Waals surface area contributed by atoms with Crippen LogP contribution in [0.25, 0.3) is 0 Å². The molecule has 114 valence electrons. The largest absolute Gasteiger partial charge is 0.443 e. The van der Waals surface area contributed by atoms with E-state index in [1.165, 1.54) is 4.90 Å². The van der Waals surface area contributed by atoms with Crippen LogP contribution in [0.1, 0.15) is 39.7 Å². The third kappa shape index (κ3) is 3.63. The van der Waals surface area contributed by atoms with Crippen LogP contribution in [-0.2, 0) is 16.0 Å². The molecule has 1 saturated heterocycles. The predicted octanol–water partition coefficient (Wildman–Crippen LogP) is 3.40. The average Bonchev–Trinajstić information content (AvgIpc) is 2.65. The number of hydrogen-bond donors (Lipinski definition) is 0. The monoisotopic (exact) mass is 289 g/mol. The van der Waals surface area contributed by atoms with E-state index in [9.17, 15) is 9.59 Å². The number of nitrogens with zero attached hydrogens (tertiary/aromatic N) is 1.